The number of rotatable bonds is 4. The van der Waals surface area contributed by atoms with Gasteiger partial charge in [0, 0.05) is 24.2 Å². The molecular weight excluding hydrogens is 352 g/mol. The maximum absolute atomic E-state index is 12.8. The summed E-state index contributed by atoms with van der Waals surface area (Å²) in [6.07, 6.45) is 1.98. The molecule has 26 heavy (non-hydrogen) atoms. The molecule has 4 rings (SSSR count). The third kappa shape index (κ3) is 3.20. The van der Waals surface area contributed by atoms with E-state index >= 15 is 0 Å². The highest BCUT2D eigenvalue weighted by Crippen LogP contribution is 2.32. The van der Waals surface area contributed by atoms with Gasteiger partial charge in [-0.1, -0.05) is 24.3 Å². The van der Waals surface area contributed by atoms with E-state index in [1.807, 2.05) is 24.3 Å². The number of carbonyl (C=O) groups is 1. The van der Waals surface area contributed by atoms with Gasteiger partial charge in [-0.2, -0.15) is 0 Å². The van der Waals surface area contributed by atoms with Crippen LogP contribution in [-0.2, 0) is 10.0 Å². The van der Waals surface area contributed by atoms with Crippen LogP contribution < -0.4 is 9.46 Å². The molecule has 0 bridgehead atoms. The van der Waals surface area contributed by atoms with Crippen molar-refractivity contribution in [3.63, 3.8) is 0 Å². The third-order valence-corrected chi connectivity index (χ3v) is 6.25. The predicted octanol–water partition coefficient (Wildman–Crippen LogP) is 2.33. The predicted molar refractivity (Wildman–Crippen MR) is 96.6 cm³/mol. The monoisotopic (exact) mass is 372 g/mol. The van der Waals surface area contributed by atoms with Crippen LogP contribution in [0.2, 0.25) is 0 Å². The van der Waals surface area contributed by atoms with E-state index in [4.69, 9.17) is 4.74 Å². The standard InChI is InChI=1S/C19H20N2O4S/c22-19(21-10-3-4-11-21)14-6-5-7-15(12-14)26(23,24)20-17-13-25-18-9-2-1-8-16(17)18/h1-2,5-9,12,17,20H,3-4,10-11,13H2. The number of nitrogens with zero attached hydrogens (tertiary/aromatic N) is 1. The molecule has 2 aliphatic rings. The highest BCUT2D eigenvalue weighted by atomic mass is 32.2. The highest BCUT2D eigenvalue weighted by molar-refractivity contribution is 7.89. The first-order valence-electron chi connectivity index (χ1n) is 8.68. The van der Waals surface area contributed by atoms with Crippen LogP contribution in [0.1, 0.15) is 34.8 Å². The number of amides is 1. The van der Waals surface area contributed by atoms with Crippen molar-refractivity contribution in [3.05, 3.63) is 59.7 Å². The molecule has 2 aliphatic heterocycles. The number of sulfonamides is 1. The lowest BCUT2D eigenvalue weighted by atomic mass is 10.1. The molecule has 0 aliphatic carbocycles. The molecular formula is C19H20N2O4S. The molecule has 136 valence electrons. The number of para-hydroxylation sites is 1. The molecule has 0 saturated carbocycles. The van der Waals surface area contributed by atoms with Gasteiger partial charge < -0.3 is 9.64 Å². The van der Waals surface area contributed by atoms with Crippen LogP contribution in [0.15, 0.2) is 53.4 Å². The SMILES string of the molecule is O=C(c1cccc(S(=O)(=O)NC2COc3ccccc32)c1)N1CCCC1. The smallest absolute Gasteiger partial charge is 0.253 e. The molecule has 0 spiro atoms. The van der Waals surface area contributed by atoms with E-state index in [0.717, 1.165) is 31.5 Å². The van der Waals surface area contributed by atoms with Gasteiger partial charge in [-0.05, 0) is 37.1 Å². The topological polar surface area (TPSA) is 75.7 Å². The maximum Gasteiger partial charge on any atom is 0.253 e. The molecule has 1 unspecified atom stereocenters. The van der Waals surface area contributed by atoms with E-state index in [2.05, 4.69) is 4.72 Å². The molecule has 2 aromatic rings. The fourth-order valence-electron chi connectivity index (χ4n) is 3.41. The molecule has 2 heterocycles. The summed E-state index contributed by atoms with van der Waals surface area (Å²) < 4.78 is 33.8. The van der Waals surface area contributed by atoms with Gasteiger partial charge in [-0.15, -0.1) is 0 Å². The Morgan fingerprint density at radius 2 is 1.85 bits per heavy atom. The fraction of sp³-hybridized carbons (Fsp3) is 0.316. The summed E-state index contributed by atoms with van der Waals surface area (Å²) in [5, 5.41) is 0. The van der Waals surface area contributed by atoms with Crippen molar-refractivity contribution < 1.29 is 17.9 Å². The minimum absolute atomic E-state index is 0.0897. The molecule has 7 heteroatoms. The van der Waals surface area contributed by atoms with E-state index in [1.54, 1.807) is 17.0 Å². The second-order valence-electron chi connectivity index (χ2n) is 6.55. The van der Waals surface area contributed by atoms with Crippen molar-refractivity contribution in [1.82, 2.24) is 9.62 Å². The second-order valence-corrected chi connectivity index (χ2v) is 8.26. The summed E-state index contributed by atoms with van der Waals surface area (Å²) in [5.41, 5.74) is 1.22. The van der Waals surface area contributed by atoms with Crippen molar-refractivity contribution in [2.45, 2.75) is 23.8 Å². The van der Waals surface area contributed by atoms with E-state index in [-0.39, 0.29) is 17.4 Å². The average molecular weight is 372 g/mol. The van der Waals surface area contributed by atoms with E-state index in [1.165, 1.54) is 12.1 Å². The highest BCUT2D eigenvalue weighted by Gasteiger charge is 2.29. The molecule has 1 fully saturated rings. The summed E-state index contributed by atoms with van der Waals surface area (Å²) in [6, 6.07) is 13.2. The summed E-state index contributed by atoms with van der Waals surface area (Å²) in [7, 11) is -3.77. The van der Waals surface area contributed by atoms with Gasteiger partial charge in [0.15, 0.2) is 0 Å². The molecule has 1 N–H and O–H groups in total. The molecule has 0 radical (unpaired) electrons. The Hall–Kier alpha value is -2.38. The van der Waals surface area contributed by atoms with Crippen molar-refractivity contribution >= 4 is 15.9 Å². The molecule has 1 amide bonds. The van der Waals surface area contributed by atoms with E-state index < -0.39 is 16.1 Å². The third-order valence-electron chi connectivity index (χ3n) is 4.78. The average Bonchev–Trinajstić information content (AvgIpc) is 3.32. The number of likely N-dealkylation sites (tertiary alicyclic amines) is 1. The van der Waals surface area contributed by atoms with Crippen molar-refractivity contribution in [2.75, 3.05) is 19.7 Å². The zero-order valence-electron chi connectivity index (χ0n) is 14.2. The number of hydrogen-bond acceptors (Lipinski definition) is 4. The van der Waals surface area contributed by atoms with Crippen molar-refractivity contribution in [2.24, 2.45) is 0 Å². The lowest BCUT2D eigenvalue weighted by Gasteiger charge is -2.16. The second kappa shape index (κ2) is 6.74. The number of benzene rings is 2. The Labute approximate surface area is 152 Å². The van der Waals surface area contributed by atoms with Crippen LogP contribution in [-0.4, -0.2) is 38.9 Å². The summed E-state index contributed by atoms with van der Waals surface area (Å²) in [5.74, 6) is 0.576. The largest absolute Gasteiger partial charge is 0.491 e. The van der Waals surface area contributed by atoms with E-state index in [9.17, 15) is 13.2 Å². The maximum atomic E-state index is 12.8. The first-order valence-corrected chi connectivity index (χ1v) is 10.2. The Kier molecular flexibility index (Phi) is 4.42. The van der Waals surface area contributed by atoms with Crippen LogP contribution in [0.4, 0.5) is 0 Å². The zero-order valence-corrected chi connectivity index (χ0v) is 15.0. The molecule has 0 aromatic heterocycles. The van der Waals surface area contributed by atoms with Crippen LogP contribution in [0.5, 0.6) is 5.75 Å². The van der Waals surface area contributed by atoms with Crippen LogP contribution in [0, 0.1) is 0 Å². The first kappa shape index (κ1) is 17.1. The van der Waals surface area contributed by atoms with Gasteiger partial charge in [0.2, 0.25) is 10.0 Å². The normalized spacial score (nSPS) is 19.2. The van der Waals surface area contributed by atoms with Crippen molar-refractivity contribution in [1.29, 1.82) is 0 Å². The Balaban J connectivity index is 1.57. The number of nitrogens with one attached hydrogen (secondary N) is 1. The Morgan fingerprint density at radius 3 is 2.65 bits per heavy atom. The number of fused-ring (bicyclic) bond motifs is 1. The van der Waals surface area contributed by atoms with Crippen LogP contribution in [0.25, 0.3) is 0 Å². The lowest BCUT2D eigenvalue weighted by molar-refractivity contribution is 0.0792. The van der Waals surface area contributed by atoms with Gasteiger partial charge in [0.1, 0.15) is 12.4 Å². The minimum Gasteiger partial charge on any atom is -0.491 e. The molecule has 1 saturated heterocycles. The van der Waals surface area contributed by atoms with Crippen LogP contribution in [0.3, 0.4) is 0 Å². The van der Waals surface area contributed by atoms with Gasteiger partial charge >= 0.3 is 0 Å². The summed E-state index contributed by atoms with van der Waals surface area (Å²) in [6.45, 7) is 1.71. The molecule has 6 nitrogen and oxygen atoms in total. The van der Waals surface area contributed by atoms with E-state index in [0.29, 0.717) is 11.3 Å². The number of hydrogen-bond donors (Lipinski definition) is 1. The van der Waals surface area contributed by atoms with Gasteiger partial charge in [-0.3, -0.25) is 4.79 Å². The summed E-state index contributed by atoms with van der Waals surface area (Å²) in [4.78, 5) is 14.4. The summed E-state index contributed by atoms with van der Waals surface area (Å²) >= 11 is 0. The first-order chi connectivity index (χ1) is 12.5. The fourth-order valence-corrected chi connectivity index (χ4v) is 4.66. The van der Waals surface area contributed by atoms with Crippen LogP contribution >= 0.6 is 0 Å². The van der Waals surface area contributed by atoms with Gasteiger partial charge in [0.05, 0.1) is 10.9 Å². The van der Waals surface area contributed by atoms with Gasteiger partial charge in [-0.25, -0.2) is 13.1 Å². The number of ether oxygens (including phenoxy) is 1. The lowest BCUT2D eigenvalue weighted by Crippen LogP contribution is -2.30. The number of carbonyl (C=O) groups excluding carboxylic acids is 1. The minimum atomic E-state index is -3.77. The van der Waals surface area contributed by atoms with Gasteiger partial charge in [0.25, 0.3) is 5.91 Å². The zero-order chi connectivity index (χ0) is 18.1. The quantitative estimate of drug-likeness (QED) is 0.894. The Bertz CT molecular complexity index is 936. The Morgan fingerprint density at radius 1 is 1.08 bits per heavy atom. The molecule has 2 aromatic carbocycles. The van der Waals surface area contributed by atoms with Crippen molar-refractivity contribution in [3.8, 4) is 5.75 Å². The molecule has 1 atom stereocenters.